The SMILES string of the molecule is CC1(C)CCC(NC(=O)CNC(C)(C)C)C1. The van der Waals surface area contributed by atoms with Gasteiger partial charge in [-0.3, -0.25) is 4.79 Å². The summed E-state index contributed by atoms with van der Waals surface area (Å²) in [5, 5.41) is 6.31. The molecule has 1 amide bonds. The highest BCUT2D eigenvalue weighted by Gasteiger charge is 2.31. The highest BCUT2D eigenvalue weighted by Crippen LogP contribution is 2.36. The van der Waals surface area contributed by atoms with Crippen LogP contribution in [0.3, 0.4) is 0 Å². The molecule has 1 unspecified atom stereocenters. The van der Waals surface area contributed by atoms with Crippen LogP contribution in [-0.2, 0) is 4.79 Å². The second-order valence-electron chi connectivity index (χ2n) is 6.78. The van der Waals surface area contributed by atoms with E-state index in [0.29, 0.717) is 18.0 Å². The van der Waals surface area contributed by atoms with E-state index in [1.807, 2.05) is 0 Å². The summed E-state index contributed by atoms with van der Waals surface area (Å²) in [6.07, 6.45) is 3.44. The summed E-state index contributed by atoms with van der Waals surface area (Å²) in [7, 11) is 0. The summed E-state index contributed by atoms with van der Waals surface area (Å²) in [4.78, 5) is 11.7. The highest BCUT2D eigenvalue weighted by atomic mass is 16.2. The first kappa shape index (κ1) is 13.5. The van der Waals surface area contributed by atoms with E-state index in [-0.39, 0.29) is 11.4 Å². The maximum absolute atomic E-state index is 11.7. The number of amides is 1. The number of hydrogen-bond donors (Lipinski definition) is 2. The predicted octanol–water partition coefficient (Wildman–Crippen LogP) is 2.07. The van der Waals surface area contributed by atoms with Gasteiger partial charge < -0.3 is 10.6 Å². The standard InChI is InChI=1S/C13H26N2O/c1-12(2,3)14-9-11(16)15-10-6-7-13(4,5)8-10/h10,14H,6-9H2,1-5H3,(H,15,16). The molecule has 0 heterocycles. The predicted molar refractivity (Wildman–Crippen MR) is 67.3 cm³/mol. The molecule has 16 heavy (non-hydrogen) atoms. The molecule has 0 radical (unpaired) electrons. The van der Waals surface area contributed by atoms with E-state index in [9.17, 15) is 4.79 Å². The minimum absolute atomic E-state index is 0.00624. The van der Waals surface area contributed by atoms with Crippen molar-refractivity contribution in [1.82, 2.24) is 10.6 Å². The zero-order valence-corrected chi connectivity index (χ0v) is 11.3. The lowest BCUT2D eigenvalue weighted by Crippen LogP contribution is -2.45. The van der Waals surface area contributed by atoms with Crippen molar-refractivity contribution in [3.63, 3.8) is 0 Å². The fraction of sp³-hybridized carbons (Fsp3) is 0.923. The normalized spacial score (nSPS) is 24.4. The van der Waals surface area contributed by atoms with Crippen molar-refractivity contribution < 1.29 is 4.79 Å². The molecular weight excluding hydrogens is 200 g/mol. The van der Waals surface area contributed by atoms with Gasteiger partial charge in [-0.2, -0.15) is 0 Å². The summed E-state index contributed by atoms with van der Waals surface area (Å²) >= 11 is 0. The van der Waals surface area contributed by atoms with Crippen LogP contribution < -0.4 is 10.6 Å². The number of carbonyl (C=O) groups is 1. The Bertz CT molecular complexity index is 253. The van der Waals surface area contributed by atoms with Crippen LogP contribution in [-0.4, -0.2) is 24.0 Å². The van der Waals surface area contributed by atoms with Crippen LogP contribution in [0.25, 0.3) is 0 Å². The van der Waals surface area contributed by atoms with Crippen molar-refractivity contribution in [1.29, 1.82) is 0 Å². The van der Waals surface area contributed by atoms with Crippen LogP contribution in [0.15, 0.2) is 0 Å². The van der Waals surface area contributed by atoms with E-state index in [4.69, 9.17) is 0 Å². The van der Waals surface area contributed by atoms with Crippen LogP contribution in [0.2, 0.25) is 0 Å². The summed E-state index contributed by atoms with van der Waals surface area (Å²) < 4.78 is 0. The Kier molecular flexibility index (Phi) is 4.00. The van der Waals surface area contributed by atoms with E-state index < -0.39 is 0 Å². The quantitative estimate of drug-likeness (QED) is 0.773. The average Bonchev–Trinajstić information content (AvgIpc) is 2.41. The third-order valence-electron chi connectivity index (χ3n) is 3.11. The molecular formula is C13H26N2O. The maximum Gasteiger partial charge on any atom is 0.234 e. The molecule has 0 spiro atoms. The van der Waals surface area contributed by atoms with Gasteiger partial charge in [-0.15, -0.1) is 0 Å². The molecule has 3 heteroatoms. The van der Waals surface area contributed by atoms with Crippen LogP contribution in [0.5, 0.6) is 0 Å². The Morgan fingerprint density at radius 3 is 2.44 bits per heavy atom. The van der Waals surface area contributed by atoms with Crippen LogP contribution in [0.4, 0.5) is 0 Å². The van der Waals surface area contributed by atoms with Crippen molar-refractivity contribution in [2.45, 2.75) is 65.5 Å². The Labute approximate surface area is 99.4 Å². The molecule has 0 saturated heterocycles. The van der Waals surface area contributed by atoms with Crippen LogP contribution in [0, 0.1) is 5.41 Å². The molecule has 0 aliphatic heterocycles. The molecule has 1 aliphatic rings. The molecule has 1 rings (SSSR count). The van der Waals surface area contributed by atoms with Crippen molar-refractivity contribution >= 4 is 5.91 Å². The largest absolute Gasteiger partial charge is 0.352 e. The number of carbonyl (C=O) groups excluding carboxylic acids is 1. The Hall–Kier alpha value is -0.570. The zero-order chi connectivity index (χ0) is 12.4. The third kappa shape index (κ3) is 4.97. The molecule has 0 aromatic heterocycles. The van der Waals surface area contributed by atoms with Gasteiger partial charge in [0.05, 0.1) is 6.54 Å². The molecule has 1 aliphatic carbocycles. The van der Waals surface area contributed by atoms with Gasteiger partial charge in [-0.05, 0) is 45.4 Å². The van der Waals surface area contributed by atoms with Gasteiger partial charge in [0.1, 0.15) is 0 Å². The van der Waals surface area contributed by atoms with E-state index in [1.165, 1.54) is 6.42 Å². The summed E-state index contributed by atoms with van der Waals surface area (Å²) in [5.74, 6) is 0.123. The Balaban J connectivity index is 2.26. The summed E-state index contributed by atoms with van der Waals surface area (Å²) in [6, 6.07) is 0.379. The lowest BCUT2D eigenvalue weighted by molar-refractivity contribution is -0.121. The molecule has 3 nitrogen and oxygen atoms in total. The van der Waals surface area contributed by atoms with E-state index >= 15 is 0 Å². The Morgan fingerprint density at radius 1 is 1.38 bits per heavy atom. The van der Waals surface area contributed by atoms with Gasteiger partial charge in [0.15, 0.2) is 0 Å². The van der Waals surface area contributed by atoms with E-state index in [2.05, 4.69) is 45.3 Å². The van der Waals surface area contributed by atoms with Crippen LogP contribution >= 0.6 is 0 Å². The first-order chi connectivity index (χ1) is 7.18. The fourth-order valence-electron chi connectivity index (χ4n) is 2.18. The van der Waals surface area contributed by atoms with Crippen LogP contribution in [0.1, 0.15) is 53.9 Å². The second kappa shape index (κ2) is 4.74. The van der Waals surface area contributed by atoms with Gasteiger partial charge in [0, 0.05) is 11.6 Å². The van der Waals surface area contributed by atoms with Gasteiger partial charge in [0.2, 0.25) is 5.91 Å². The van der Waals surface area contributed by atoms with Gasteiger partial charge in [-0.1, -0.05) is 13.8 Å². The van der Waals surface area contributed by atoms with Crippen molar-refractivity contribution in [3.8, 4) is 0 Å². The van der Waals surface area contributed by atoms with Gasteiger partial charge >= 0.3 is 0 Å². The third-order valence-corrected chi connectivity index (χ3v) is 3.11. The smallest absolute Gasteiger partial charge is 0.234 e. The van der Waals surface area contributed by atoms with Gasteiger partial charge in [-0.25, -0.2) is 0 Å². The average molecular weight is 226 g/mol. The van der Waals surface area contributed by atoms with Gasteiger partial charge in [0.25, 0.3) is 0 Å². The van der Waals surface area contributed by atoms with E-state index in [0.717, 1.165) is 12.8 Å². The fourth-order valence-corrected chi connectivity index (χ4v) is 2.18. The first-order valence-corrected chi connectivity index (χ1v) is 6.22. The molecule has 2 N–H and O–H groups in total. The summed E-state index contributed by atoms with van der Waals surface area (Å²) in [6.45, 7) is 11.2. The number of hydrogen-bond acceptors (Lipinski definition) is 2. The monoisotopic (exact) mass is 226 g/mol. The molecule has 94 valence electrons. The lowest BCUT2D eigenvalue weighted by Gasteiger charge is -2.22. The topological polar surface area (TPSA) is 41.1 Å². The molecule has 1 atom stereocenters. The molecule has 0 bridgehead atoms. The highest BCUT2D eigenvalue weighted by molar-refractivity contribution is 5.78. The number of rotatable bonds is 3. The van der Waals surface area contributed by atoms with Crippen molar-refractivity contribution in [2.75, 3.05) is 6.54 Å². The minimum atomic E-state index is 0.00624. The molecule has 1 saturated carbocycles. The maximum atomic E-state index is 11.7. The second-order valence-corrected chi connectivity index (χ2v) is 6.78. The summed E-state index contributed by atoms with van der Waals surface area (Å²) in [5.41, 5.74) is 0.404. The number of nitrogens with one attached hydrogen (secondary N) is 2. The molecule has 1 fully saturated rings. The minimum Gasteiger partial charge on any atom is -0.352 e. The van der Waals surface area contributed by atoms with Crippen molar-refractivity contribution in [3.05, 3.63) is 0 Å². The Morgan fingerprint density at radius 2 is 2.00 bits per heavy atom. The lowest BCUT2D eigenvalue weighted by atomic mass is 9.92. The molecule has 0 aromatic rings. The zero-order valence-electron chi connectivity index (χ0n) is 11.3. The first-order valence-electron chi connectivity index (χ1n) is 6.22. The van der Waals surface area contributed by atoms with E-state index in [1.54, 1.807) is 0 Å². The van der Waals surface area contributed by atoms with Crippen molar-refractivity contribution in [2.24, 2.45) is 5.41 Å². The molecule has 0 aromatic carbocycles.